The van der Waals surface area contributed by atoms with Crippen molar-refractivity contribution < 1.29 is 4.74 Å². The molecule has 42 valence electrons. The van der Waals surface area contributed by atoms with Crippen molar-refractivity contribution in [3.8, 4) is 0 Å². The summed E-state index contributed by atoms with van der Waals surface area (Å²) in [5.74, 6) is 0. The van der Waals surface area contributed by atoms with E-state index in [0.717, 1.165) is 0 Å². The molecule has 0 heterocycles. The molecular formula is C6H12O. The van der Waals surface area contributed by atoms with E-state index in [-0.39, 0.29) is 0 Å². The Morgan fingerprint density at radius 1 is 1.43 bits per heavy atom. The third-order valence-corrected chi connectivity index (χ3v) is 0.520. The first-order valence-corrected chi connectivity index (χ1v) is 2.55. The predicted octanol–water partition coefficient (Wildman–Crippen LogP) is 1.95. The topological polar surface area (TPSA) is 9.23 Å². The van der Waals surface area contributed by atoms with Crippen LogP contribution in [0, 0.1) is 0 Å². The minimum Gasteiger partial charge on any atom is -0.505 e. The Balaban J connectivity index is 0.000000105. The number of methoxy groups -OCH3 is 1. The lowest BCUT2D eigenvalue weighted by atomic mass is 11.0. The summed E-state index contributed by atoms with van der Waals surface area (Å²) in [6.45, 7) is 3.26. The molecular weight excluding hydrogens is 88.1 g/mol. The smallest absolute Gasteiger partial charge is 0.0766 e. The third kappa shape index (κ3) is 29.3. The molecule has 0 atom stereocenters. The highest BCUT2D eigenvalue weighted by Crippen LogP contribution is 2.14. The number of hydrogen-bond donors (Lipinski definition) is 0. The molecule has 0 unspecified atom stereocenters. The maximum absolute atomic E-state index is 4.31. The van der Waals surface area contributed by atoms with Gasteiger partial charge in [-0.15, -0.1) is 0 Å². The van der Waals surface area contributed by atoms with Crippen LogP contribution in [0.1, 0.15) is 19.3 Å². The molecule has 1 nitrogen and oxygen atoms in total. The molecule has 1 heteroatoms. The first kappa shape index (κ1) is 6.54. The monoisotopic (exact) mass is 100 g/mol. The number of ether oxygens (including phenoxy) is 1. The van der Waals surface area contributed by atoms with Crippen LogP contribution >= 0.6 is 0 Å². The zero-order valence-electron chi connectivity index (χ0n) is 4.81. The van der Waals surface area contributed by atoms with Crippen LogP contribution in [-0.4, -0.2) is 7.11 Å². The van der Waals surface area contributed by atoms with Gasteiger partial charge in [0.2, 0.25) is 0 Å². The van der Waals surface area contributed by atoms with Crippen LogP contribution in [0.2, 0.25) is 0 Å². The van der Waals surface area contributed by atoms with Crippen molar-refractivity contribution in [2.24, 2.45) is 0 Å². The second kappa shape index (κ2) is 5.54. The fourth-order valence-corrected chi connectivity index (χ4v) is 0. The van der Waals surface area contributed by atoms with E-state index >= 15 is 0 Å². The zero-order chi connectivity index (χ0) is 5.54. The highest BCUT2D eigenvalue weighted by Gasteiger charge is 1.95. The molecule has 1 saturated carbocycles. The average Bonchev–Trinajstić information content (AvgIpc) is 2.47. The zero-order valence-corrected chi connectivity index (χ0v) is 4.81. The Morgan fingerprint density at radius 3 is 1.71 bits per heavy atom. The predicted molar refractivity (Wildman–Crippen MR) is 31.1 cm³/mol. The Hall–Kier alpha value is -0.460. The van der Waals surface area contributed by atoms with Crippen molar-refractivity contribution in [3.05, 3.63) is 12.8 Å². The highest BCUT2D eigenvalue weighted by molar-refractivity contribution is 4.50. The van der Waals surface area contributed by atoms with Crippen LogP contribution in [0.15, 0.2) is 12.8 Å². The SMILES string of the molecule is C1CC1.C=COC. The molecule has 0 aromatic rings. The van der Waals surface area contributed by atoms with Crippen molar-refractivity contribution in [2.75, 3.05) is 7.11 Å². The number of rotatable bonds is 1. The van der Waals surface area contributed by atoms with Gasteiger partial charge in [0.25, 0.3) is 0 Å². The Labute approximate surface area is 45.0 Å². The van der Waals surface area contributed by atoms with Gasteiger partial charge in [0.1, 0.15) is 0 Å². The lowest BCUT2D eigenvalue weighted by Crippen LogP contribution is -1.54. The molecule has 0 aromatic carbocycles. The van der Waals surface area contributed by atoms with Gasteiger partial charge in [0, 0.05) is 0 Å². The normalized spacial score (nSPS) is 13.3. The van der Waals surface area contributed by atoms with Gasteiger partial charge in [-0.3, -0.25) is 0 Å². The molecule has 7 heavy (non-hydrogen) atoms. The minimum atomic E-state index is 1.38. The fourth-order valence-electron chi connectivity index (χ4n) is 0. The summed E-state index contributed by atoms with van der Waals surface area (Å²) in [5, 5.41) is 0. The summed E-state index contributed by atoms with van der Waals surface area (Å²) < 4.78 is 4.31. The highest BCUT2D eigenvalue weighted by atomic mass is 16.5. The van der Waals surface area contributed by atoms with E-state index in [1.807, 2.05) is 0 Å². The van der Waals surface area contributed by atoms with Crippen LogP contribution < -0.4 is 0 Å². The quantitative estimate of drug-likeness (QED) is 0.457. The first-order valence-electron chi connectivity index (χ1n) is 2.55. The molecule has 0 bridgehead atoms. The van der Waals surface area contributed by atoms with Gasteiger partial charge in [0.05, 0.1) is 13.4 Å². The van der Waals surface area contributed by atoms with Crippen molar-refractivity contribution in [1.82, 2.24) is 0 Å². The molecule has 0 spiro atoms. The molecule has 1 aliphatic rings. The molecule has 0 saturated heterocycles. The van der Waals surface area contributed by atoms with Crippen molar-refractivity contribution >= 4 is 0 Å². The van der Waals surface area contributed by atoms with Crippen molar-refractivity contribution in [1.29, 1.82) is 0 Å². The van der Waals surface area contributed by atoms with Crippen molar-refractivity contribution in [3.63, 3.8) is 0 Å². The minimum absolute atomic E-state index is 1.38. The summed E-state index contributed by atoms with van der Waals surface area (Å²) in [7, 11) is 1.56. The van der Waals surface area contributed by atoms with E-state index in [9.17, 15) is 0 Å². The summed E-state index contributed by atoms with van der Waals surface area (Å²) >= 11 is 0. The number of hydrogen-bond acceptors (Lipinski definition) is 1. The van der Waals surface area contributed by atoms with E-state index in [1.54, 1.807) is 7.11 Å². The standard InChI is InChI=1S/C3H6O.C3H6/c1-3-4-2;1-2-3-1/h3H,1H2,2H3;1-3H2. The summed E-state index contributed by atoms with van der Waals surface area (Å²) in [6, 6.07) is 0. The van der Waals surface area contributed by atoms with Crippen molar-refractivity contribution in [2.45, 2.75) is 19.3 Å². The summed E-state index contributed by atoms with van der Waals surface area (Å²) in [4.78, 5) is 0. The largest absolute Gasteiger partial charge is 0.505 e. The van der Waals surface area contributed by atoms with Crippen LogP contribution in [0.25, 0.3) is 0 Å². The third-order valence-electron chi connectivity index (χ3n) is 0.520. The van der Waals surface area contributed by atoms with Crippen LogP contribution in [0.3, 0.4) is 0 Å². The molecule has 0 aliphatic heterocycles. The van der Waals surface area contributed by atoms with E-state index in [4.69, 9.17) is 0 Å². The van der Waals surface area contributed by atoms with Crippen LogP contribution in [-0.2, 0) is 4.74 Å². The maximum Gasteiger partial charge on any atom is 0.0766 e. The van der Waals surface area contributed by atoms with Gasteiger partial charge in [0.15, 0.2) is 0 Å². The summed E-state index contributed by atoms with van der Waals surface area (Å²) in [5.41, 5.74) is 0. The lowest BCUT2D eigenvalue weighted by Gasteiger charge is -1.73. The molecule has 0 amide bonds. The van der Waals surface area contributed by atoms with Gasteiger partial charge < -0.3 is 4.74 Å². The molecule has 1 aliphatic carbocycles. The van der Waals surface area contributed by atoms with E-state index in [2.05, 4.69) is 11.3 Å². The molecule has 1 fully saturated rings. The first-order chi connectivity index (χ1) is 3.41. The van der Waals surface area contributed by atoms with E-state index in [1.165, 1.54) is 25.5 Å². The second-order valence-electron chi connectivity index (χ2n) is 1.46. The lowest BCUT2D eigenvalue weighted by molar-refractivity contribution is 0.339. The van der Waals surface area contributed by atoms with E-state index in [0.29, 0.717) is 0 Å². The van der Waals surface area contributed by atoms with Gasteiger partial charge in [-0.05, 0) is 0 Å². The Morgan fingerprint density at radius 2 is 1.71 bits per heavy atom. The summed E-state index contributed by atoms with van der Waals surface area (Å²) in [6.07, 6.45) is 5.88. The fraction of sp³-hybridized carbons (Fsp3) is 0.667. The maximum atomic E-state index is 4.31. The second-order valence-corrected chi connectivity index (χ2v) is 1.46. The van der Waals surface area contributed by atoms with Gasteiger partial charge in [-0.25, -0.2) is 0 Å². The molecule has 0 radical (unpaired) electrons. The Bertz CT molecular complexity index is 36.7. The van der Waals surface area contributed by atoms with E-state index < -0.39 is 0 Å². The Kier molecular flexibility index (Phi) is 5.18. The molecule has 0 aromatic heterocycles. The van der Waals surface area contributed by atoms with Gasteiger partial charge in [-0.2, -0.15) is 0 Å². The average molecular weight is 100 g/mol. The molecule has 0 N–H and O–H groups in total. The van der Waals surface area contributed by atoms with Gasteiger partial charge in [-0.1, -0.05) is 25.8 Å². The molecule has 1 rings (SSSR count). The van der Waals surface area contributed by atoms with Crippen LogP contribution in [0.5, 0.6) is 0 Å². The van der Waals surface area contributed by atoms with Crippen LogP contribution in [0.4, 0.5) is 0 Å². The van der Waals surface area contributed by atoms with Gasteiger partial charge >= 0.3 is 0 Å².